The first-order valence-electron chi connectivity index (χ1n) is 8.18. The van der Waals surface area contributed by atoms with Crippen molar-refractivity contribution in [1.29, 1.82) is 0 Å². The second-order valence-corrected chi connectivity index (χ2v) is 6.49. The normalized spacial score (nSPS) is 11.5. The van der Waals surface area contributed by atoms with Gasteiger partial charge in [0.1, 0.15) is 5.75 Å². The van der Waals surface area contributed by atoms with Crippen molar-refractivity contribution >= 4 is 46.0 Å². The summed E-state index contributed by atoms with van der Waals surface area (Å²) in [5.74, 6) is 0.541. The molecule has 1 N–H and O–H groups in total. The minimum Gasteiger partial charge on any atom is -0.867 e. The summed E-state index contributed by atoms with van der Waals surface area (Å²) < 4.78 is 6.87. The number of nitrogens with zero attached hydrogens (tertiary/aromatic N) is 1. The molecule has 3 rings (SSSR count). The number of nitrogens with one attached hydrogen (secondary N) is 1. The van der Waals surface area contributed by atoms with Crippen molar-refractivity contribution in [3.8, 4) is 5.75 Å². The van der Waals surface area contributed by atoms with Gasteiger partial charge < -0.3 is 15.2 Å². The highest BCUT2D eigenvalue weighted by atomic mass is 35.5. The van der Waals surface area contributed by atoms with Gasteiger partial charge in [0.15, 0.2) is 17.4 Å². The van der Waals surface area contributed by atoms with Gasteiger partial charge in [-0.25, -0.2) is 0 Å². The van der Waals surface area contributed by atoms with Crippen molar-refractivity contribution in [2.75, 3.05) is 12.4 Å². The van der Waals surface area contributed by atoms with Crippen molar-refractivity contribution < 1.29 is 14.4 Å². The van der Waals surface area contributed by atoms with Crippen LogP contribution in [-0.2, 0) is 0 Å². The van der Waals surface area contributed by atoms with Crippen LogP contribution in [0, 0.1) is 0 Å². The number of methoxy groups -OCH3 is 1. The van der Waals surface area contributed by atoms with Crippen LogP contribution in [0.2, 0.25) is 5.02 Å². The molecule has 136 valence electrons. The maximum absolute atomic E-state index is 13.1. The molecule has 4 nitrogen and oxygen atoms in total. The summed E-state index contributed by atoms with van der Waals surface area (Å²) in [4.78, 5) is 0.316. The monoisotopic (exact) mass is 396 g/mol. The predicted octanol–water partition coefficient (Wildman–Crippen LogP) is 3.76. The van der Waals surface area contributed by atoms with E-state index in [0.29, 0.717) is 21.3 Å². The van der Waals surface area contributed by atoms with E-state index in [0.717, 1.165) is 11.4 Å². The maximum Gasteiger partial charge on any atom is 0.238 e. The number of thiocarbonyl (C=S) groups is 1. The third-order valence-electron chi connectivity index (χ3n) is 3.86. The van der Waals surface area contributed by atoms with E-state index in [9.17, 15) is 5.11 Å². The number of aromatic nitrogens is 1. The summed E-state index contributed by atoms with van der Waals surface area (Å²) in [7, 11) is 1.61. The fraction of sp³-hybridized carbons (Fsp3) is 0.0476. The first kappa shape index (κ1) is 18.9. The van der Waals surface area contributed by atoms with Crippen molar-refractivity contribution in [1.82, 2.24) is 0 Å². The van der Waals surface area contributed by atoms with Gasteiger partial charge in [-0.15, -0.1) is 0 Å². The Bertz CT molecular complexity index is 956. The van der Waals surface area contributed by atoms with E-state index in [4.69, 9.17) is 28.6 Å². The molecule has 1 aromatic heterocycles. The lowest BCUT2D eigenvalue weighted by Crippen LogP contribution is -2.39. The third kappa shape index (κ3) is 4.64. The number of halogens is 1. The quantitative estimate of drug-likeness (QED) is 0.309. The molecule has 0 amide bonds. The summed E-state index contributed by atoms with van der Waals surface area (Å²) in [6, 6.07) is 19.6. The lowest BCUT2D eigenvalue weighted by atomic mass is 10.1. The standard InChI is InChI=1S/C21H17ClN2O2S/c1-26-18-11-9-17(10-12-18)23-21(27)19(24-13-3-2-4-14-24)20(25)15-5-7-16(22)8-6-15/h2-14H,1H3,(H-,23,25,27). The van der Waals surface area contributed by atoms with Crippen LogP contribution >= 0.6 is 23.8 Å². The fourth-order valence-corrected chi connectivity index (χ4v) is 2.93. The molecule has 2 aromatic carbocycles. The summed E-state index contributed by atoms with van der Waals surface area (Å²) in [5.41, 5.74) is 1.62. The Balaban J connectivity index is 2.00. The van der Waals surface area contributed by atoms with Gasteiger partial charge in [0.2, 0.25) is 5.70 Å². The Labute approximate surface area is 168 Å². The number of anilines is 1. The SMILES string of the molecule is COc1ccc(NC(=S)/C(=C(\[O-])c2ccc(Cl)cc2)[n+]2ccccc2)cc1. The van der Waals surface area contributed by atoms with Gasteiger partial charge >= 0.3 is 0 Å². The van der Waals surface area contributed by atoms with Crippen LogP contribution in [0.1, 0.15) is 5.56 Å². The van der Waals surface area contributed by atoms with E-state index in [1.54, 1.807) is 48.3 Å². The minimum atomic E-state index is -0.200. The maximum atomic E-state index is 13.1. The first-order valence-corrected chi connectivity index (χ1v) is 8.96. The largest absolute Gasteiger partial charge is 0.867 e. The van der Waals surface area contributed by atoms with Gasteiger partial charge in [0, 0.05) is 22.8 Å². The number of benzene rings is 2. The van der Waals surface area contributed by atoms with Gasteiger partial charge in [-0.2, -0.15) is 4.57 Å². The van der Waals surface area contributed by atoms with E-state index in [-0.39, 0.29) is 5.76 Å². The highest BCUT2D eigenvalue weighted by molar-refractivity contribution is 7.81. The van der Waals surface area contributed by atoms with Crippen LogP contribution < -0.4 is 19.7 Å². The predicted molar refractivity (Wildman–Crippen MR) is 110 cm³/mol. The van der Waals surface area contributed by atoms with Crippen LogP contribution in [0.15, 0.2) is 79.1 Å². The Morgan fingerprint density at radius 2 is 1.63 bits per heavy atom. The number of rotatable bonds is 5. The van der Waals surface area contributed by atoms with Gasteiger partial charge in [-0.05, 0) is 47.7 Å². The van der Waals surface area contributed by atoms with E-state index < -0.39 is 0 Å². The van der Waals surface area contributed by atoms with Crippen LogP contribution in [0.25, 0.3) is 11.5 Å². The summed E-state index contributed by atoms with van der Waals surface area (Å²) in [6.07, 6.45) is 3.57. The average molecular weight is 397 g/mol. The molecule has 0 fully saturated rings. The molecule has 0 radical (unpaired) electrons. The summed E-state index contributed by atoms with van der Waals surface area (Å²) in [5, 5.41) is 16.8. The molecule has 3 aromatic rings. The van der Waals surface area contributed by atoms with E-state index in [1.165, 1.54) is 0 Å². The highest BCUT2D eigenvalue weighted by Gasteiger charge is 2.18. The molecular formula is C21H17ClN2O2S. The molecule has 0 saturated heterocycles. The molecule has 0 unspecified atom stereocenters. The molecule has 1 heterocycles. The summed E-state index contributed by atoms with van der Waals surface area (Å²) >= 11 is 11.5. The molecule has 0 atom stereocenters. The molecule has 6 heteroatoms. The Kier molecular flexibility index (Phi) is 6.06. The van der Waals surface area contributed by atoms with E-state index in [2.05, 4.69) is 5.32 Å². The van der Waals surface area contributed by atoms with Crippen molar-refractivity contribution in [2.24, 2.45) is 0 Å². The minimum absolute atomic E-state index is 0.200. The molecule has 27 heavy (non-hydrogen) atoms. The Morgan fingerprint density at radius 1 is 1.00 bits per heavy atom. The lowest BCUT2D eigenvalue weighted by molar-refractivity contribution is -0.577. The summed E-state index contributed by atoms with van der Waals surface area (Å²) in [6.45, 7) is 0. The molecule has 0 aliphatic carbocycles. The van der Waals surface area contributed by atoms with Gasteiger partial charge in [0.25, 0.3) is 0 Å². The molecule has 0 spiro atoms. The van der Waals surface area contributed by atoms with Crippen LogP contribution in [0.4, 0.5) is 5.69 Å². The van der Waals surface area contributed by atoms with Gasteiger partial charge in [-0.1, -0.05) is 42.0 Å². The number of hydrogen-bond donors (Lipinski definition) is 1. The Morgan fingerprint density at radius 3 is 2.22 bits per heavy atom. The van der Waals surface area contributed by atoms with Gasteiger partial charge in [0.05, 0.1) is 7.11 Å². The molecule has 0 aliphatic rings. The zero-order chi connectivity index (χ0) is 19.2. The number of pyridine rings is 1. The average Bonchev–Trinajstić information content (AvgIpc) is 2.70. The molecule has 0 aliphatic heterocycles. The highest BCUT2D eigenvalue weighted by Crippen LogP contribution is 2.20. The van der Waals surface area contributed by atoms with E-state index >= 15 is 0 Å². The van der Waals surface area contributed by atoms with Gasteiger partial charge in [-0.3, -0.25) is 0 Å². The topological polar surface area (TPSA) is 48.2 Å². The van der Waals surface area contributed by atoms with Crippen LogP contribution in [0.3, 0.4) is 0 Å². The zero-order valence-electron chi connectivity index (χ0n) is 14.6. The molecule has 0 saturated carbocycles. The van der Waals surface area contributed by atoms with Crippen molar-refractivity contribution in [3.05, 3.63) is 89.7 Å². The van der Waals surface area contributed by atoms with Crippen molar-refractivity contribution in [2.45, 2.75) is 0 Å². The zero-order valence-corrected chi connectivity index (χ0v) is 16.1. The second kappa shape index (κ2) is 8.66. The molecule has 0 bridgehead atoms. The number of hydrogen-bond acceptors (Lipinski definition) is 3. The Hall–Kier alpha value is -2.89. The molecular weight excluding hydrogens is 380 g/mol. The van der Waals surface area contributed by atoms with E-state index in [1.807, 2.05) is 42.5 Å². The first-order chi connectivity index (χ1) is 13.1. The second-order valence-electron chi connectivity index (χ2n) is 5.65. The van der Waals surface area contributed by atoms with Crippen LogP contribution in [0.5, 0.6) is 5.75 Å². The lowest BCUT2D eigenvalue weighted by Gasteiger charge is -2.17. The fourth-order valence-electron chi connectivity index (χ4n) is 2.49. The number of ether oxygens (including phenoxy) is 1. The van der Waals surface area contributed by atoms with Crippen LogP contribution in [-0.4, -0.2) is 12.1 Å². The third-order valence-corrected chi connectivity index (χ3v) is 4.41. The smallest absolute Gasteiger partial charge is 0.238 e. The van der Waals surface area contributed by atoms with Crippen molar-refractivity contribution in [3.63, 3.8) is 0 Å².